The first-order chi connectivity index (χ1) is 7.86. The summed E-state index contributed by atoms with van der Waals surface area (Å²) in [6.45, 7) is 4.83. The van der Waals surface area contributed by atoms with Gasteiger partial charge in [-0.15, -0.1) is 11.6 Å². The van der Waals surface area contributed by atoms with Crippen LogP contribution in [-0.2, 0) is 16.2 Å². The zero-order valence-electron chi connectivity index (χ0n) is 9.32. The van der Waals surface area contributed by atoms with E-state index in [4.69, 9.17) is 21.4 Å². The van der Waals surface area contributed by atoms with E-state index in [-0.39, 0.29) is 0 Å². The van der Waals surface area contributed by atoms with Gasteiger partial charge in [-0.2, -0.15) is 0 Å². The number of alkyl halides is 1. The quantitative estimate of drug-likeness (QED) is 0.300. The van der Waals surface area contributed by atoms with E-state index in [9.17, 15) is 0 Å². The molecule has 88 valence electrons. The van der Waals surface area contributed by atoms with Crippen molar-refractivity contribution in [3.05, 3.63) is 42.0 Å². The van der Waals surface area contributed by atoms with Crippen molar-refractivity contribution >= 4 is 17.7 Å². The van der Waals surface area contributed by atoms with Crippen molar-refractivity contribution in [3.63, 3.8) is 0 Å². The molecule has 1 rings (SSSR count). The van der Waals surface area contributed by atoms with Crippen molar-refractivity contribution < 1.29 is 9.78 Å². The molecule has 0 aliphatic carbocycles. The summed E-state index contributed by atoms with van der Waals surface area (Å²) in [4.78, 5) is 9.96. The third kappa shape index (κ3) is 5.31. The summed E-state index contributed by atoms with van der Waals surface area (Å²) < 4.78 is 0. The van der Waals surface area contributed by atoms with E-state index < -0.39 is 0 Å². The molecule has 0 heterocycles. The Hall–Kier alpha value is -0.830. The van der Waals surface area contributed by atoms with Crippen molar-refractivity contribution in [2.45, 2.75) is 12.8 Å². The minimum Gasteiger partial charge on any atom is -0.237 e. The lowest BCUT2D eigenvalue weighted by atomic mass is 10.1. The number of benzene rings is 1. The van der Waals surface area contributed by atoms with Crippen LogP contribution in [0.4, 0.5) is 0 Å². The van der Waals surface area contributed by atoms with Gasteiger partial charge in [-0.1, -0.05) is 36.9 Å². The number of rotatable bonds is 8. The van der Waals surface area contributed by atoms with E-state index in [2.05, 4.69) is 18.7 Å². The zero-order valence-corrected chi connectivity index (χ0v) is 10.1. The van der Waals surface area contributed by atoms with Crippen molar-refractivity contribution in [2.75, 3.05) is 19.1 Å². The molecule has 3 heteroatoms. The van der Waals surface area contributed by atoms with Crippen LogP contribution >= 0.6 is 11.6 Å². The molecule has 0 spiro atoms. The number of hydrogen-bond donors (Lipinski definition) is 0. The fraction of sp³-hybridized carbons (Fsp3) is 0.385. The van der Waals surface area contributed by atoms with Gasteiger partial charge in [0, 0.05) is 5.88 Å². The predicted molar refractivity (Wildman–Crippen MR) is 67.5 cm³/mol. The Kier molecular flexibility index (Phi) is 6.90. The highest BCUT2D eigenvalue weighted by atomic mass is 35.5. The highest BCUT2D eigenvalue weighted by Gasteiger charge is 1.94. The van der Waals surface area contributed by atoms with E-state index >= 15 is 0 Å². The van der Waals surface area contributed by atoms with E-state index in [1.807, 2.05) is 18.2 Å². The van der Waals surface area contributed by atoms with Gasteiger partial charge in [-0.25, -0.2) is 9.78 Å². The molecule has 0 aliphatic heterocycles. The van der Waals surface area contributed by atoms with E-state index in [1.54, 1.807) is 0 Å². The first kappa shape index (κ1) is 13.2. The lowest BCUT2D eigenvalue weighted by Crippen LogP contribution is -2.01. The summed E-state index contributed by atoms with van der Waals surface area (Å²) in [6, 6.07) is 8.21. The third-order valence-corrected chi connectivity index (χ3v) is 2.40. The van der Waals surface area contributed by atoms with Gasteiger partial charge in [-0.05, 0) is 24.0 Å². The highest BCUT2D eigenvalue weighted by molar-refractivity contribution is 6.17. The molecule has 0 atom stereocenters. The number of hydrogen-bond acceptors (Lipinski definition) is 2. The highest BCUT2D eigenvalue weighted by Crippen LogP contribution is 2.06. The van der Waals surface area contributed by atoms with Gasteiger partial charge in [0.05, 0.1) is 13.2 Å². The average molecular weight is 241 g/mol. The van der Waals surface area contributed by atoms with Crippen molar-refractivity contribution in [2.24, 2.45) is 0 Å². The molecule has 0 N–H and O–H groups in total. The monoisotopic (exact) mass is 240 g/mol. The minimum atomic E-state index is 0.554. The lowest BCUT2D eigenvalue weighted by molar-refractivity contribution is -0.293. The van der Waals surface area contributed by atoms with Gasteiger partial charge in [0.25, 0.3) is 0 Å². The molecule has 2 nitrogen and oxygen atoms in total. The lowest BCUT2D eigenvalue weighted by Gasteiger charge is -2.03. The van der Waals surface area contributed by atoms with Crippen molar-refractivity contribution in [1.82, 2.24) is 0 Å². The average Bonchev–Trinajstić information content (AvgIpc) is 2.34. The van der Waals surface area contributed by atoms with E-state index in [0.717, 1.165) is 18.4 Å². The van der Waals surface area contributed by atoms with Crippen LogP contribution in [0.5, 0.6) is 0 Å². The number of halogens is 1. The Bertz CT molecular complexity index is 295. The smallest absolute Gasteiger partial charge is 0.0862 e. The van der Waals surface area contributed by atoms with Gasteiger partial charge in [0.15, 0.2) is 0 Å². The summed E-state index contributed by atoms with van der Waals surface area (Å²) in [5.41, 5.74) is 2.36. The molecule has 0 fully saturated rings. The topological polar surface area (TPSA) is 18.5 Å². The Morgan fingerprint density at radius 3 is 2.44 bits per heavy atom. The van der Waals surface area contributed by atoms with Gasteiger partial charge in [-0.3, -0.25) is 0 Å². The van der Waals surface area contributed by atoms with Crippen molar-refractivity contribution in [3.8, 4) is 0 Å². The molecule has 0 radical (unpaired) electrons. The van der Waals surface area contributed by atoms with Crippen LogP contribution in [0.15, 0.2) is 30.8 Å². The van der Waals surface area contributed by atoms with Crippen LogP contribution in [0, 0.1) is 0 Å². The molecule has 0 aliphatic rings. The first-order valence-corrected chi connectivity index (χ1v) is 5.92. The van der Waals surface area contributed by atoms with Crippen molar-refractivity contribution in [1.29, 1.82) is 0 Å². The predicted octanol–water partition coefficient (Wildman–Crippen LogP) is 3.45. The molecule has 0 aromatic heterocycles. The maximum Gasteiger partial charge on any atom is 0.0862 e. The Balaban J connectivity index is 2.14. The maximum absolute atomic E-state index is 5.50. The van der Waals surface area contributed by atoms with E-state index in [1.165, 1.54) is 5.56 Å². The summed E-state index contributed by atoms with van der Waals surface area (Å²) in [5.74, 6) is 0.604. The molecule has 1 aromatic rings. The van der Waals surface area contributed by atoms with Crippen LogP contribution in [-0.4, -0.2) is 19.1 Å². The summed E-state index contributed by atoms with van der Waals surface area (Å²) in [7, 11) is 0. The van der Waals surface area contributed by atoms with Crippen LogP contribution in [0.25, 0.3) is 6.08 Å². The molecular weight excluding hydrogens is 224 g/mol. The molecule has 0 bridgehead atoms. The summed E-state index contributed by atoms with van der Waals surface area (Å²) in [5, 5.41) is 0. The second-order valence-corrected chi connectivity index (χ2v) is 3.76. The SMILES string of the molecule is C=Cc1ccc(CCOOCCCCl)cc1. The summed E-state index contributed by atoms with van der Waals surface area (Å²) in [6.07, 6.45) is 3.49. The largest absolute Gasteiger partial charge is 0.237 e. The van der Waals surface area contributed by atoms with Crippen LogP contribution in [0.2, 0.25) is 0 Å². The fourth-order valence-corrected chi connectivity index (χ4v) is 1.32. The van der Waals surface area contributed by atoms with Crippen LogP contribution in [0.3, 0.4) is 0 Å². The van der Waals surface area contributed by atoms with Gasteiger partial charge in [0.1, 0.15) is 0 Å². The third-order valence-electron chi connectivity index (χ3n) is 2.13. The molecule has 1 aromatic carbocycles. The Labute approximate surface area is 102 Å². The maximum atomic E-state index is 5.50. The summed E-state index contributed by atoms with van der Waals surface area (Å²) >= 11 is 5.50. The molecule has 0 saturated heterocycles. The molecule has 0 amide bonds. The zero-order chi connectivity index (χ0) is 11.6. The molecule has 16 heavy (non-hydrogen) atoms. The minimum absolute atomic E-state index is 0.554. The Morgan fingerprint density at radius 2 is 1.81 bits per heavy atom. The standard InChI is InChI=1S/C13H17ClO2/c1-2-12-4-6-13(7-5-12)8-11-16-15-10-3-9-14/h2,4-7H,1,3,8-11H2. The Morgan fingerprint density at radius 1 is 1.12 bits per heavy atom. The normalized spacial score (nSPS) is 10.3. The molecule has 0 saturated carbocycles. The molecular formula is C13H17ClO2. The van der Waals surface area contributed by atoms with Gasteiger partial charge >= 0.3 is 0 Å². The van der Waals surface area contributed by atoms with Gasteiger partial charge < -0.3 is 0 Å². The second kappa shape index (κ2) is 8.34. The molecule has 0 unspecified atom stereocenters. The van der Waals surface area contributed by atoms with Crippen LogP contribution < -0.4 is 0 Å². The fourth-order valence-electron chi connectivity index (χ4n) is 1.21. The van der Waals surface area contributed by atoms with Gasteiger partial charge in [0.2, 0.25) is 0 Å². The van der Waals surface area contributed by atoms with Crippen LogP contribution in [0.1, 0.15) is 17.5 Å². The first-order valence-electron chi connectivity index (χ1n) is 5.38. The second-order valence-electron chi connectivity index (χ2n) is 3.38. The van der Waals surface area contributed by atoms with E-state index in [0.29, 0.717) is 19.1 Å².